The van der Waals surface area contributed by atoms with Crippen molar-refractivity contribution < 1.29 is 27.2 Å². The van der Waals surface area contributed by atoms with E-state index in [-0.39, 0.29) is 23.7 Å². The van der Waals surface area contributed by atoms with Gasteiger partial charge in [-0.25, -0.2) is 4.68 Å². The molecule has 0 spiro atoms. The maximum absolute atomic E-state index is 13.7. The minimum Gasteiger partial charge on any atom is -0.467 e. The second-order valence-electron chi connectivity index (χ2n) is 7.33. The van der Waals surface area contributed by atoms with E-state index in [2.05, 4.69) is 10.4 Å². The Balaban J connectivity index is 1.62. The van der Waals surface area contributed by atoms with E-state index < -0.39 is 30.1 Å². The van der Waals surface area contributed by atoms with Crippen molar-refractivity contribution in [1.82, 2.24) is 14.7 Å². The molecule has 0 aromatic carbocycles. The number of hydrogen-bond acceptors (Lipinski definition) is 5. The normalized spacial score (nSPS) is 22.8. The minimum atomic E-state index is -4.53. The lowest BCUT2D eigenvalue weighted by molar-refractivity contribution is -0.174. The van der Waals surface area contributed by atoms with Crippen molar-refractivity contribution >= 4 is 17.6 Å². The number of fused-ring (bicyclic) bond motifs is 1. The lowest BCUT2D eigenvalue weighted by Gasteiger charge is -2.34. The number of amides is 2. The van der Waals surface area contributed by atoms with Crippen LogP contribution in [0.4, 0.5) is 19.0 Å². The molecule has 2 aromatic rings. The topological polar surface area (TPSA) is 106 Å². The minimum absolute atomic E-state index is 0.0157. The zero-order chi connectivity index (χ0) is 20.8. The molecule has 2 atom stereocenters. The number of likely N-dealkylation sites (tertiary alicyclic amines) is 1. The molecule has 0 radical (unpaired) electrons. The summed E-state index contributed by atoms with van der Waals surface area (Å²) in [6.45, 7) is 0.614. The van der Waals surface area contributed by atoms with Crippen LogP contribution in [0.25, 0.3) is 0 Å². The van der Waals surface area contributed by atoms with Crippen molar-refractivity contribution in [2.75, 3.05) is 18.4 Å². The number of nitrogens with one attached hydrogen (secondary N) is 1. The van der Waals surface area contributed by atoms with Gasteiger partial charge in [0.25, 0.3) is 5.91 Å². The first kappa shape index (κ1) is 19.3. The Kier molecular flexibility index (Phi) is 4.75. The van der Waals surface area contributed by atoms with Gasteiger partial charge in [0, 0.05) is 25.4 Å². The maximum atomic E-state index is 13.7. The molecule has 1 fully saturated rings. The average Bonchev–Trinajstić information content (AvgIpc) is 3.35. The molecule has 8 nitrogen and oxygen atoms in total. The predicted octanol–water partition coefficient (Wildman–Crippen LogP) is 2.47. The number of carbonyl (C=O) groups excluding carboxylic acids is 2. The molecular weight excluding hydrogens is 391 g/mol. The fourth-order valence-electron chi connectivity index (χ4n) is 3.93. The summed E-state index contributed by atoms with van der Waals surface area (Å²) in [6.07, 6.45) is -1.43. The van der Waals surface area contributed by atoms with Gasteiger partial charge in [-0.05, 0) is 25.0 Å². The van der Waals surface area contributed by atoms with Crippen LogP contribution in [0.15, 0.2) is 29.0 Å². The Morgan fingerprint density at radius 3 is 2.59 bits per heavy atom. The monoisotopic (exact) mass is 411 g/mol. The number of rotatable bonds is 3. The number of primary amides is 1. The summed E-state index contributed by atoms with van der Waals surface area (Å²) in [5.41, 5.74) is 5.37. The number of hydrogen-bond donors (Lipinski definition) is 2. The second kappa shape index (κ2) is 7.12. The number of furan rings is 1. The summed E-state index contributed by atoms with van der Waals surface area (Å²) in [5, 5.41) is 6.84. The summed E-state index contributed by atoms with van der Waals surface area (Å²) in [4.78, 5) is 25.8. The first-order chi connectivity index (χ1) is 13.8. The molecule has 2 aliphatic rings. The van der Waals surface area contributed by atoms with E-state index in [0.29, 0.717) is 31.7 Å². The molecule has 0 aliphatic carbocycles. The Labute approximate surface area is 163 Å². The van der Waals surface area contributed by atoms with Crippen LogP contribution in [-0.4, -0.2) is 45.8 Å². The van der Waals surface area contributed by atoms with Crippen molar-refractivity contribution in [3.8, 4) is 0 Å². The third-order valence-electron chi connectivity index (χ3n) is 5.54. The van der Waals surface area contributed by atoms with Crippen molar-refractivity contribution in [1.29, 1.82) is 0 Å². The summed E-state index contributed by atoms with van der Waals surface area (Å²) in [7, 11) is 0. The lowest BCUT2D eigenvalue weighted by Crippen LogP contribution is -2.42. The number of nitrogens with two attached hydrogens (primary N) is 1. The summed E-state index contributed by atoms with van der Waals surface area (Å²) >= 11 is 0. The van der Waals surface area contributed by atoms with Gasteiger partial charge in [-0.1, -0.05) is 0 Å². The van der Waals surface area contributed by atoms with E-state index in [1.165, 1.54) is 11.2 Å². The van der Waals surface area contributed by atoms with Crippen LogP contribution in [0.3, 0.4) is 0 Å². The van der Waals surface area contributed by atoms with Gasteiger partial charge >= 0.3 is 6.18 Å². The maximum Gasteiger partial charge on any atom is 0.410 e. The number of piperidine rings is 1. The summed E-state index contributed by atoms with van der Waals surface area (Å²) in [6, 6.07) is 0.567. The Morgan fingerprint density at radius 1 is 1.28 bits per heavy atom. The number of aromatic nitrogens is 2. The molecule has 4 rings (SSSR count). The summed E-state index contributed by atoms with van der Waals surface area (Å²) in [5.74, 6) is -0.760. The Hall–Kier alpha value is -2.98. The van der Waals surface area contributed by atoms with Crippen LogP contribution < -0.4 is 11.1 Å². The van der Waals surface area contributed by atoms with Gasteiger partial charge in [-0.3, -0.25) is 9.59 Å². The second-order valence-corrected chi connectivity index (χ2v) is 7.33. The van der Waals surface area contributed by atoms with E-state index in [9.17, 15) is 22.8 Å². The van der Waals surface area contributed by atoms with Crippen LogP contribution in [0.1, 0.15) is 47.5 Å². The third-order valence-corrected chi connectivity index (χ3v) is 5.54. The molecule has 2 aliphatic heterocycles. The Bertz CT molecular complexity index is 900. The van der Waals surface area contributed by atoms with E-state index in [1.54, 1.807) is 12.1 Å². The van der Waals surface area contributed by atoms with E-state index in [0.717, 1.165) is 10.9 Å². The van der Waals surface area contributed by atoms with Crippen molar-refractivity contribution in [2.45, 2.75) is 37.5 Å². The largest absolute Gasteiger partial charge is 0.467 e. The number of anilines is 1. The quantitative estimate of drug-likeness (QED) is 0.807. The number of halogens is 3. The van der Waals surface area contributed by atoms with Gasteiger partial charge in [-0.15, -0.1) is 0 Å². The van der Waals surface area contributed by atoms with Gasteiger partial charge in [0.1, 0.15) is 17.1 Å². The van der Waals surface area contributed by atoms with E-state index >= 15 is 0 Å². The number of alkyl halides is 3. The van der Waals surface area contributed by atoms with Crippen molar-refractivity contribution in [3.05, 3.63) is 35.9 Å². The smallest absolute Gasteiger partial charge is 0.410 e. The zero-order valence-corrected chi connectivity index (χ0v) is 15.4. The first-order valence-corrected chi connectivity index (χ1v) is 9.28. The van der Waals surface area contributed by atoms with E-state index in [1.807, 2.05) is 0 Å². The van der Waals surface area contributed by atoms with Crippen LogP contribution >= 0.6 is 0 Å². The first-order valence-electron chi connectivity index (χ1n) is 9.28. The highest BCUT2D eigenvalue weighted by Crippen LogP contribution is 2.44. The fraction of sp³-hybridized carbons (Fsp3) is 0.500. The molecule has 0 saturated carbocycles. The Morgan fingerprint density at radius 2 is 2.00 bits per heavy atom. The van der Waals surface area contributed by atoms with Crippen molar-refractivity contribution in [3.63, 3.8) is 0 Å². The average molecular weight is 411 g/mol. The van der Waals surface area contributed by atoms with Gasteiger partial charge in [0.15, 0.2) is 6.04 Å². The lowest BCUT2D eigenvalue weighted by atomic mass is 9.96. The molecular formula is C18H20F3N5O3. The van der Waals surface area contributed by atoms with Crippen LogP contribution in [0.5, 0.6) is 0 Å². The van der Waals surface area contributed by atoms with Crippen LogP contribution in [-0.2, 0) is 4.79 Å². The van der Waals surface area contributed by atoms with Gasteiger partial charge in [-0.2, -0.15) is 18.3 Å². The molecule has 0 unspecified atom stereocenters. The molecule has 4 heterocycles. The number of carbonyl (C=O) groups is 2. The van der Waals surface area contributed by atoms with Gasteiger partial charge < -0.3 is 20.4 Å². The van der Waals surface area contributed by atoms with Gasteiger partial charge in [0.2, 0.25) is 5.91 Å². The predicted molar refractivity (Wildman–Crippen MR) is 94.8 cm³/mol. The zero-order valence-electron chi connectivity index (χ0n) is 15.4. The SMILES string of the molecule is NC(=O)C1CCN(C(=O)c2cnn3c2N[C@@H](c2ccco2)C[C@@H]3C(F)(F)F)CC1. The molecule has 0 bridgehead atoms. The highest BCUT2D eigenvalue weighted by Gasteiger charge is 2.48. The van der Waals surface area contributed by atoms with Crippen LogP contribution in [0.2, 0.25) is 0 Å². The standard InChI is InChI=1S/C18H20F3N5O3/c19-18(20,21)14-8-12(13-2-1-7-29-13)24-16-11(9-23-26(14)16)17(28)25-5-3-10(4-6-25)15(22)27/h1-2,7,9-10,12,14,24H,3-6,8H2,(H2,22,27)/t12-,14-/m1/s1. The molecule has 2 amide bonds. The molecule has 2 aromatic heterocycles. The fourth-order valence-corrected chi connectivity index (χ4v) is 3.93. The number of nitrogens with zero attached hydrogens (tertiary/aromatic N) is 3. The molecule has 156 valence electrons. The third kappa shape index (κ3) is 3.56. The molecule has 3 N–H and O–H groups in total. The van der Waals surface area contributed by atoms with E-state index in [4.69, 9.17) is 10.2 Å². The molecule has 11 heteroatoms. The molecule has 1 saturated heterocycles. The highest BCUT2D eigenvalue weighted by molar-refractivity contribution is 5.99. The summed E-state index contributed by atoms with van der Waals surface area (Å²) < 4.78 is 47.1. The van der Waals surface area contributed by atoms with Crippen molar-refractivity contribution in [2.24, 2.45) is 11.7 Å². The van der Waals surface area contributed by atoms with Gasteiger partial charge in [0.05, 0.1) is 18.5 Å². The van der Waals surface area contributed by atoms with Crippen LogP contribution in [0, 0.1) is 5.92 Å². The highest BCUT2D eigenvalue weighted by atomic mass is 19.4. The molecule has 29 heavy (non-hydrogen) atoms.